The Morgan fingerprint density at radius 3 is 1.91 bits per heavy atom. The van der Waals surface area contributed by atoms with E-state index in [-0.39, 0.29) is 0 Å². The van der Waals surface area contributed by atoms with Gasteiger partial charge in [0.2, 0.25) is 0 Å². The summed E-state index contributed by atoms with van der Waals surface area (Å²) in [6.45, 7) is 2.96. The molecule has 172 valence electrons. The topological polar surface area (TPSA) is 63.6 Å². The number of rotatable bonds is 7. The summed E-state index contributed by atoms with van der Waals surface area (Å²) in [4.78, 5) is 1.17. The monoisotopic (exact) mass is 484 g/mol. The van der Waals surface area contributed by atoms with E-state index in [0.29, 0.717) is 0 Å². The van der Waals surface area contributed by atoms with Gasteiger partial charge in [-0.2, -0.15) is 21.6 Å². The molecule has 9 heteroatoms. The number of unbranched alkanes of at least 4 members (excludes halogenated alkanes) is 1. The summed E-state index contributed by atoms with van der Waals surface area (Å²) >= 11 is 1.49. The van der Waals surface area contributed by atoms with E-state index in [1.54, 1.807) is 0 Å². The Kier molecular flexibility index (Phi) is 9.77. The zero-order valence-electron chi connectivity index (χ0n) is 17.2. The molecule has 0 atom stereocenters. The molecule has 0 saturated carbocycles. The van der Waals surface area contributed by atoms with Crippen LogP contribution in [0.5, 0.6) is 0 Å². The van der Waals surface area contributed by atoms with Gasteiger partial charge in [-0.25, -0.2) is 0 Å². The van der Waals surface area contributed by atoms with Crippen LogP contribution in [0.3, 0.4) is 0 Å². The maximum Gasteiger partial charge on any atom is 0.522 e. The summed E-state index contributed by atoms with van der Waals surface area (Å²) in [5.74, 6) is 0. The van der Waals surface area contributed by atoms with Gasteiger partial charge in [0.05, 0.1) is 6.61 Å². The fraction of sp³-hybridized carbons (Fsp3) is 0.217. The van der Waals surface area contributed by atoms with Gasteiger partial charge >= 0.3 is 15.6 Å². The van der Waals surface area contributed by atoms with Crippen LogP contribution in [0.15, 0.2) is 83.8 Å². The van der Waals surface area contributed by atoms with Crippen molar-refractivity contribution < 1.29 is 30.3 Å². The van der Waals surface area contributed by atoms with Gasteiger partial charge in [0.15, 0.2) is 0 Å². The van der Waals surface area contributed by atoms with Crippen molar-refractivity contribution in [2.45, 2.75) is 30.2 Å². The molecule has 0 aliphatic heterocycles. The zero-order chi connectivity index (χ0) is 23.6. The lowest BCUT2D eigenvalue weighted by molar-refractivity contribution is -0.0510. The molecule has 3 aromatic rings. The molecule has 0 aliphatic rings. The Morgan fingerprint density at radius 2 is 1.41 bits per heavy atom. The van der Waals surface area contributed by atoms with Crippen molar-refractivity contribution in [3.05, 3.63) is 78.9 Å². The van der Waals surface area contributed by atoms with Crippen LogP contribution in [-0.4, -0.2) is 25.1 Å². The molecule has 0 spiro atoms. The first kappa shape index (κ1) is 25.9. The lowest BCUT2D eigenvalue weighted by Crippen LogP contribution is -2.21. The summed E-state index contributed by atoms with van der Waals surface area (Å²) in [6.07, 6.45) is 2.24. The van der Waals surface area contributed by atoms with Crippen molar-refractivity contribution in [3.63, 3.8) is 0 Å². The van der Waals surface area contributed by atoms with Crippen LogP contribution in [0.1, 0.15) is 19.8 Å². The van der Waals surface area contributed by atoms with Crippen LogP contribution in [0.4, 0.5) is 13.2 Å². The van der Waals surface area contributed by atoms with E-state index in [1.165, 1.54) is 39.2 Å². The van der Waals surface area contributed by atoms with E-state index in [9.17, 15) is 13.2 Å². The highest BCUT2D eigenvalue weighted by Crippen LogP contribution is 2.39. The van der Waals surface area contributed by atoms with E-state index in [0.717, 1.165) is 19.4 Å². The second-order valence-corrected chi connectivity index (χ2v) is 8.85. The Labute approximate surface area is 190 Å². The average molecular weight is 485 g/mol. The highest BCUT2D eigenvalue weighted by Gasteiger charge is 2.44. The van der Waals surface area contributed by atoms with Gasteiger partial charge in [-0.05, 0) is 29.2 Å². The molecule has 1 N–H and O–H groups in total. The van der Waals surface area contributed by atoms with Gasteiger partial charge in [0.25, 0.3) is 0 Å². The maximum absolute atomic E-state index is 10.7. The van der Waals surface area contributed by atoms with Gasteiger partial charge in [-0.3, -0.25) is 4.55 Å². The summed E-state index contributed by atoms with van der Waals surface area (Å²) < 4.78 is 63.4. The van der Waals surface area contributed by atoms with Crippen molar-refractivity contribution in [1.82, 2.24) is 0 Å². The summed E-state index contributed by atoms with van der Waals surface area (Å²) in [6, 6.07) is 27.5. The van der Waals surface area contributed by atoms with Crippen molar-refractivity contribution in [2.75, 3.05) is 6.61 Å². The Hall–Kier alpha value is -2.33. The molecule has 4 nitrogen and oxygen atoms in total. The van der Waals surface area contributed by atoms with E-state index in [2.05, 4.69) is 85.8 Å². The fourth-order valence-corrected chi connectivity index (χ4v) is 3.44. The van der Waals surface area contributed by atoms with Crippen molar-refractivity contribution in [3.8, 4) is 22.3 Å². The van der Waals surface area contributed by atoms with Gasteiger partial charge < -0.3 is 4.18 Å². The molecule has 3 rings (SSSR count). The summed E-state index contributed by atoms with van der Waals surface area (Å²) in [7, 11) is -5.84. The molecule has 32 heavy (non-hydrogen) atoms. The molecule has 0 aromatic heterocycles. The lowest BCUT2D eigenvalue weighted by Gasteiger charge is -2.15. The smallest absolute Gasteiger partial charge is 0.310 e. The van der Waals surface area contributed by atoms with Crippen LogP contribution in [-0.2, 0) is 14.3 Å². The Balaban J connectivity index is 0.000000390. The van der Waals surface area contributed by atoms with Crippen LogP contribution in [0.2, 0.25) is 0 Å². The fourth-order valence-electron chi connectivity index (χ4n) is 2.67. The second kappa shape index (κ2) is 12.1. The SMILES string of the molecule is CCCCOSc1cccc(-c2ccccc2)c1-c1ccccc1.O=S(=O)(O)C(F)(F)F. The minimum Gasteiger partial charge on any atom is -0.310 e. The normalized spacial score (nSPS) is 11.5. The molecule has 0 unspecified atom stereocenters. The van der Waals surface area contributed by atoms with Crippen LogP contribution in [0, 0.1) is 0 Å². The molecule has 0 fully saturated rings. The highest BCUT2D eigenvalue weighted by atomic mass is 32.2. The van der Waals surface area contributed by atoms with E-state index < -0.39 is 15.6 Å². The first-order valence-electron chi connectivity index (χ1n) is 9.72. The number of benzene rings is 3. The largest absolute Gasteiger partial charge is 0.522 e. The quantitative estimate of drug-likeness (QED) is 0.166. The van der Waals surface area contributed by atoms with Crippen molar-refractivity contribution in [2.24, 2.45) is 0 Å². The number of hydrogen-bond acceptors (Lipinski definition) is 4. The van der Waals surface area contributed by atoms with Gasteiger partial charge in [-0.1, -0.05) is 86.1 Å². The molecule has 0 radical (unpaired) electrons. The predicted molar refractivity (Wildman–Crippen MR) is 122 cm³/mol. The zero-order valence-corrected chi connectivity index (χ0v) is 18.9. The minimum atomic E-state index is -5.84. The molecule has 3 aromatic carbocycles. The molecule has 0 heterocycles. The van der Waals surface area contributed by atoms with Crippen molar-refractivity contribution in [1.29, 1.82) is 0 Å². The van der Waals surface area contributed by atoms with Crippen LogP contribution in [0.25, 0.3) is 22.3 Å². The van der Waals surface area contributed by atoms with Crippen LogP contribution >= 0.6 is 12.0 Å². The van der Waals surface area contributed by atoms with E-state index in [4.69, 9.17) is 17.2 Å². The summed E-state index contributed by atoms with van der Waals surface area (Å²) in [5, 5.41) is 0. The minimum absolute atomic E-state index is 0.783. The first-order chi connectivity index (χ1) is 15.1. The van der Waals surface area contributed by atoms with Gasteiger partial charge in [0.1, 0.15) is 0 Å². The van der Waals surface area contributed by atoms with Gasteiger partial charge in [-0.15, -0.1) is 0 Å². The third kappa shape index (κ3) is 7.67. The van der Waals surface area contributed by atoms with Crippen LogP contribution < -0.4 is 0 Å². The highest BCUT2D eigenvalue weighted by molar-refractivity contribution is 7.94. The molecular weight excluding hydrogens is 461 g/mol. The summed E-state index contributed by atoms with van der Waals surface area (Å²) in [5.41, 5.74) is -0.602. The van der Waals surface area contributed by atoms with Gasteiger partial charge in [0, 0.05) is 22.5 Å². The van der Waals surface area contributed by atoms with E-state index >= 15 is 0 Å². The third-order valence-corrected chi connectivity index (χ3v) is 5.59. The second-order valence-electron chi connectivity index (χ2n) is 6.59. The standard InChI is InChI=1S/C22H22OS.CHF3O3S/c1-2-3-17-23-24-21-16-10-15-20(18-11-6-4-7-12-18)22(21)19-13-8-5-9-14-19;2-1(3,4)8(5,6)7/h4-16H,2-3,17H2,1H3;(H,5,6,7). The number of halogens is 3. The molecule has 0 saturated heterocycles. The molecule has 0 amide bonds. The number of hydrogen-bond donors (Lipinski definition) is 1. The van der Waals surface area contributed by atoms with E-state index in [1.807, 2.05) is 0 Å². The Morgan fingerprint density at radius 1 is 0.875 bits per heavy atom. The average Bonchev–Trinajstić information content (AvgIpc) is 2.77. The maximum atomic E-state index is 10.7. The molecular formula is C23H23F3O4S2. The third-order valence-electron chi connectivity index (χ3n) is 4.20. The predicted octanol–water partition coefficient (Wildman–Crippen LogP) is 7.24. The van der Waals surface area contributed by atoms with Crippen molar-refractivity contribution >= 4 is 22.2 Å². The Bertz CT molecular complexity index is 1070. The molecule has 0 aliphatic carbocycles. The first-order valence-corrected chi connectivity index (χ1v) is 11.9. The molecule has 0 bridgehead atoms. The number of alkyl halides is 3. The lowest BCUT2D eigenvalue weighted by atomic mass is 9.94.